The second kappa shape index (κ2) is 5.90. The zero-order chi connectivity index (χ0) is 14.8. The summed E-state index contributed by atoms with van der Waals surface area (Å²) in [7, 11) is -3.64. The summed E-state index contributed by atoms with van der Waals surface area (Å²) in [4.78, 5) is 1.02. The standard InChI is InChI=1S/C13H15FN2O2S2/c1-2-16(11-5-3-10(14)4-6-11)20(17,18)13-7-12(8-15)19-9-13/h3-7,9H,2,8,15H2,1H3. The molecular formula is C13H15FN2O2S2. The Morgan fingerprint density at radius 2 is 1.95 bits per heavy atom. The maximum absolute atomic E-state index is 12.9. The van der Waals surface area contributed by atoms with Crippen molar-refractivity contribution in [1.29, 1.82) is 0 Å². The van der Waals surface area contributed by atoms with Crippen LogP contribution in [0.25, 0.3) is 0 Å². The predicted molar refractivity (Wildman–Crippen MR) is 78.8 cm³/mol. The van der Waals surface area contributed by atoms with E-state index >= 15 is 0 Å². The summed E-state index contributed by atoms with van der Waals surface area (Å²) in [5.41, 5.74) is 5.94. The highest BCUT2D eigenvalue weighted by Crippen LogP contribution is 2.26. The van der Waals surface area contributed by atoms with Crippen LogP contribution in [0.5, 0.6) is 0 Å². The van der Waals surface area contributed by atoms with Crippen molar-refractivity contribution in [2.75, 3.05) is 10.8 Å². The highest BCUT2D eigenvalue weighted by Gasteiger charge is 2.24. The van der Waals surface area contributed by atoms with Crippen molar-refractivity contribution in [2.24, 2.45) is 5.73 Å². The number of hydrogen-bond acceptors (Lipinski definition) is 4. The van der Waals surface area contributed by atoms with Crippen molar-refractivity contribution in [1.82, 2.24) is 0 Å². The van der Waals surface area contributed by atoms with Crippen LogP contribution in [-0.2, 0) is 16.6 Å². The first kappa shape index (κ1) is 15.0. The van der Waals surface area contributed by atoms with Gasteiger partial charge in [0.2, 0.25) is 0 Å². The molecule has 2 rings (SSSR count). The molecule has 0 saturated heterocycles. The zero-order valence-electron chi connectivity index (χ0n) is 10.9. The molecule has 1 aromatic carbocycles. The summed E-state index contributed by atoms with van der Waals surface area (Å²) in [6, 6.07) is 6.96. The van der Waals surface area contributed by atoms with Gasteiger partial charge in [0.15, 0.2) is 0 Å². The monoisotopic (exact) mass is 314 g/mol. The summed E-state index contributed by atoms with van der Waals surface area (Å²) < 4.78 is 39.3. The summed E-state index contributed by atoms with van der Waals surface area (Å²) in [5, 5.41) is 1.57. The number of thiophene rings is 1. The topological polar surface area (TPSA) is 63.4 Å². The van der Waals surface area contributed by atoms with Gasteiger partial charge in [-0.3, -0.25) is 4.31 Å². The number of halogens is 1. The first-order valence-electron chi connectivity index (χ1n) is 6.04. The molecule has 7 heteroatoms. The van der Waals surface area contributed by atoms with Crippen LogP contribution in [0.1, 0.15) is 11.8 Å². The molecule has 0 aliphatic heterocycles. The van der Waals surface area contributed by atoms with Crippen LogP contribution < -0.4 is 10.0 Å². The molecule has 0 saturated carbocycles. The molecule has 0 atom stereocenters. The molecule has 0 bridgehead atoms. The van der Waals surface area contributed by atoms with Crippen LogP contribution in [0.3, 0.4) is 0 Å². The van der Waals surface area contributed by atoms with Crippen molar-refractivity contribution < 1.29 is 12.8 Å². The third-order valence-corrected chi connectivity index (χ3v) is 5.81. The molecule has 0 fully saturated rings. The van der Waals surface area contributed by atoms with Gasteiger partial charge in [-0.05, 0) is 37.3 Å². The van der Waals surface area contributed by atoms with Crippen molar-refractivity contribution in [3.63, 3.8) is 0 Å². The molecule has 0 aliphatic rings. The lowest BCUT2D eigenvalue weighted by Crippen LogP contribution is -2.30. The maximum atomic E-state index is 12.9. The Balaban J connectivity index is 2.41. The average Bonchev–Trinajstić information content (AvgIpc) is 2.91. The van der Waals surface area contributed by atoms with Crippen LogP contribution in [0, 0.1) is 5.82 Å². The van der Waals surface area contributed by atoms with Crippen molar-refractivity contribution in [3.05, 3.63) is 46.4 Å². The predicted octanol–water partition coefficient (Wildman–Crippen LogP) is 2.56. The number of anilines is 1. The van der Waals surface area contributed by atoms with E-state index in [0.717, 1.165) is 4.88 Å². The van der Waals surface area contributed by atoms with E-state index in [2.05, 4.69) is 0 Å². The third kappa shape index (κ3) is 2.84. The minimum Gasteiger partial charge on any atom is -0.326 e. The van der Waals surface area contributed by atoms with Crippen LogP contribution in [0.4, 0.5) is 10.1 Å². The third-order valence-electron chi connectivity index (χ3n) is 2.82. The smallest absolute Gasteiger partial charge is 0.265 e. The van der Waals surface area contributed by atoms with Gasteiger partial charge < -0.3 is 5.73 Å². The van der Waals surface area contributed by atoms with E-state index in [1.54, 1.807) is 18.4 Å². The highest BCUT2D eigenvalue weighted by molar-refractivity contribution is 7.93. The fraction of sp³-hybridized carbons (Fsp3) is 0.231. The van der Waals surface area contributed by atoms with Gasteiger partial charge >= 0.3 is 0 Å². The first-order valence-corrected chi connectivity index (χ1v) is 8.36. The maximum Gasteiger partial charge on any atom is 0.265 e. The number of benzene rings is 1. The minimum atomic E-state index is -3.64. The first-order chi connectivity index (χ1) is 9.48. The van der Waals surface area contributed by atoms with E-state index in [0.29, 0.717) is 12.2 Å². The summed E-state index contributed by atoms with van der Waals surface area (Å²) in [5.74, 6) is -0.400. The Bertz CT molecular complexity index is 681. The minimum absolute atomic E-state index is 0.217. The number of hydrogen-bond donors (Lipinski definition) is 1. The highest BCUT2D eigenvalue weighted by atomic mass is 32.2. The van der Waals surface area contributed by atoms with Gasteiger partial charge in [0, 0.05) is 23.3 Å². The lowest BCUT2D eigenvalue weighted by molar-refractivity contribution is 0.592. The molecule has 2 aromatic rings. The molecule has 108 valence electrons. The summed E-state index contributed by atoms with van der Waals surface area (Å²) in [6.45, 7) is 2.31. The Labute approximate surface area is 121 Å². The fourth-order valence-electron chi connectivity index (χ4n) is 1.83. The summed E-state index contributed by atoms with van der Waals surface area (Å²) >= 11 is 1.31. The molecule has 0 amide bonds. The van der Waals surface area contributed by atoms with Gasteiger partial charge in [0.05, 0.1) is 10.6 Å². The Morgan fingerprint density at radius 3 is 2.45 bits per heavy atom. The van der Waals surface area contributed by atoms with E-state index in [-0.39, 0.29) is 11.4 Å². The van der Waals surface area contributed by atoms with Crippen LogP contribution in [0.15, 0.2) is 40.6 Å². The molecule has 1 aromatic heterocycles. The normalized spacial score (nSPS) is 11.6. The number of sulfonamides is 1. The van der Waals surface area contributed by atoms with Crippen LogP contribution in [-0.4, -0.2) is 15.0 Å². The van der Waals surface area contributed by atoms with E-state index in [1.165, 1.54) is 39.9 Å². The van der Waals surface area contributed by atoms with Crippen LogP contribution >= 0.6 is 11.3 Å². The molecule has 20 heavy (non-hydrogen) atoms. The number of nitrogens with zero attached hydrogens (tertiary/aromatic N) is 1. The average molecular weight is 314 g/mol. The molecule has 4 nitrogen and oxygen atoms in total. The van der Waals surface area contributed by atoms with Gasteiger partial charge in [0.25, 0.3) is 10.0 Å². The lowest BCUT2D eigenvalue weighted by atomic mass is 10.3. The van der Waals surface area contributed by atoms with E-state index < -0.39 is 15.8 Å². The SMILES string of the molecule is CCN(c1ccc(F)cc1)S(=O)(=O)c1csc(CN)c1. The molecule has 0 spiro atoms. The molecule has 1 heterocycles. The molecule has 0 aliphatic carbocycles. The van der Waals surface area contributed by atoms with Crippen molar-refractivity contribution in [2.45, 2.75) is 18.4 Å². The van der Waals surface area contributed by atoms with E-state index in [1.807, 2.05) is 0 Å². The van der Waals surface area contributed by atoms with Crippen LogP contribution in [0.2, 0.25) is 0 Å². The zero-order valence-corrected chi connectivity index (χ0v) is 12.5. The quantitative estimate of drug-likeness (QED) is 0.922. The molecule has 2 N–H and O–H groups in total. The molecule has 0 unspecified atom stereocenters. The fourth-order valence-corrected chi connectivity index (χ4v) is 4.45. The van der Waals surface area contributed by atoms with Crippen molar-refractivity contribution >= 4 is 27.0 Å². The largest absolute Gasteiger partial charge is 0.326 e. The number of rotatable bonds is 5. The molecule has 0 radical (unpaired) electrons. The molecular weight excluding hydrogens is 299 g/mol. The lowest BCUT2D eigenvalue weighted by Gasteiger charge is -2.22. The van der Waals surface area contributed by atoms with Gasteiger partial charge in [-0.1, -0.05) is 0 Å². The van der Waals surface area contributed by atoms with Crippen molar-refractivity contribution in [3.8, 4) is 0 Å². The van der Waals surface area contributed by atoms with Gasteiger partial charge in [-0.2, -0.15) is 0 Å². The van der Waals surface area contributed by atoms with Gasteiger partial charge in [0.1, 0.15) is 5.82 Å². The second-order valence-corrected chi connectivity index (χ2v) is 6.96. The van der Waals surface area contributed by atoms with Gasteiger partial charge in [-0.15, -0.1) is 11.3 Å². The number of nitrogens with two attached hydrogens (primary N) is 1. The van der Waals surface area contributed by atoms with E-state index in [4.69, 9.17) is 5.73 Å². The van der Waals surface area contributed by atoms with E-state index in [9.17, 15) is 12.8 Å². The Kier molecular flexibility index (Phi) is 4.42. The Hall–Kier alpha value is -1.44. The summed E-state index contributed by atoms with van der Waals surface area (Å²) in [6.07, 6.45) is 0. The Morgan fingerprint density at radius 1 is 1.30 bits per heavy atom. The van der Waals surface area contributed by atoms with Gasteiger partial charge in [-0.25, -0.2) is 12.8 Å². The second-order valence-electron chi connectivity index (χ2n) is 4.10.